The van der Waals surface area contributed by atoms with Crippen molar-refractivity contribution in [3.63, 3.8) is 0 Å². The van der Waals surface area contributed by atoms with Crippen LogP contribution in [0.5, 0.6) is 5.75 Å². The Hall–Kier alpha value is -2.50. The molecule has 3 rings (SSSR count). The van der Waals surface area contributed by atoms with E-state index in [0.29, 0.717) is 25.4 Å². The number of piperazine rings is 1. The normalized spacial score (nSPS) is 14.9. The summed E-state index contributed by atoms with van der Waals surface area (Å²) in [6.45, 7) is 5.60. The topological polar surface area (TPSA) is 50.6 Å². The van der Waals surface area contributed by atoms with Crippen LogP contribution >= 0.6 is 0 Å². The quantitative estimate of drug-likeness (QED) is 0.863. The molecule has 1 aliphatic heterocycles. The molecule has 0 N–H and O–H groups in total. The number of rotatable bonds is 4. The highest BCUT2D eigenvalue weighted by Gasteiger charge is 2.24. The van der Waals surface area contributed by atoms with E-state index in [1.807, 2.05) is 37.1 Å². The van der Waals surface area contributed by atoms with Crippen LogP contribution in [0.4, 0.5) is 5.69 Å². The average Bonchev–Trinajstić information content (AvgIpc) is 3.02. The number of amides is 1. The molecule has 0 bridgehead atoms. The Morgan fingerprint density at radius 1 is 1.22 bits per heavy atom. The number of nitrogens with zero attached hydrogens (tertiary/aromatic N) is 4. The van der Waals surface area contributed by atoms with Gasteiger partial charge in [0, 0.05) is 39.4 Å². The van der Waals surface area contributed by atoms with Crippen LogP contribution in [0.25, 0.3) is 0 Å². The first kappa shape index (κ1) is 15.4. The molecule has 1 aliphatic rings. The van der Waals surface area contributed by atoms with Gasteiger partial charge in [-0.2, -0.15) is 0 Å². The molecule has 0 unspecified atom stereocenters. The molecule has 0 radical (unpaired) electrons. The summed E-state index contributed by atoms with van der Waals surface area (Å²) < 4.78 is 7.50. The summed E-state index contributed by atoms with van der Waals surface area (Å²) in [5, 5.41) is 0. The molecule has 2 aromatic rings. The first-order valence-electron chi connectivity index (χ1n) is 7.93. The van der Waals surface area contributed by atoms with Crippen LogP contribution in [0.1, 0.15) is 17.4 Å². The number of hydrogen-bond donors (Lipinski definition) is 0. The van der Waals surface area contributed by atoms with Crippen molar-refractivity contribution in [3.8, 4) is 5.75 Å². The van der Waals surface area contributed by atoms with Crippen LogP contribution in [0.2, 0.25) is 0 Å². The number of aryl methyl sites for hydroxylation is 1. The summed E-state index contributed by atoms with van der Waals surface area (Å²) in [6, 6.07) is 8.06. The maximum atomic E-state index is 12.4. The lowest BCUT2D eigenvalue weighted by atomic mass is 10.2. The van der Waals surface area contributed by atoms with Gasteiger partial charge < -0.3 is 19.1 Å². The lowest BCUT2D eigenvalue weighted by Crippen LogP contribution is -2.49. The molecule has 1 saturated heterocycles. The largest absolute Gasteiger partial charge is 0.492 e. The van der Waals surface area contributed by atoms with Gasteiger partial charge in [0.05, 0.1) is 18.6 Å². The highest BCUT2D eigenvalue weighted by atomic mass is 16.5. The number of aromatic nitrogens is 2. The van der Waals surface area contributed by atoms with E-state index in [4.69, 9.17) is 4.74 Å². The molecule has 0 spiro atoms. The van der Waals surface area contributed by atoms with Crippen LogP contribution in [-0.4, -0.2) is 53.1 Å². The van der Waals surface area contributed by atoms with E-state index in [0.717, 1.165) is 24.5 Å². The summed E-state index contributed by atoms with van der Waals surface area (Å²) in [5.41, 5.74) is 1.61. The molecule has 2 heterocycles. The van der Waals surface area contributed by atoms with E-state index < -0.39 is 0 Å². The average molecular weight is 314 g/mol. The fourth-order valence-electron chi connectivity index (χ4n) is 2.83. The molecular formula is C17H22N4O2. The van der Waals surface area contributed by atoms with E-state index in [1.165, 1.54) is 0 Å². The standard InChI is InChI=1S/C17H22N4O2/c1-3-23-16-7-5-4-6-15(16)20-8-10-21(11-9-20)17(22)14-12-19(2)13-18-14/h4-7,12-13H,3,8-11H2,1-2H3. The zero-order valence-electron chi connectivity index (χ0n) is 13.6. The van der Waals surface area contributed by atoms with Crippen LogP contribution in [0, 0.1) is 0 Å². The van der Waals surface area contributed by atoms with Crippen molar-refractivity contribution in [2.75, 3.05) is 37.7 Å². The number of carbonyl (C=O) groups excluding carboxylic acids is 1. The second-order valence-corrected chi connectivity index (χ2v) is 5.60. The minimum Gasteiger partial charge on any atom is -0.492 e. The Kier molecular flexibility index (Phi) is 4.50. The number of carbonyl (C=O) groups is 1. The lowest BCUT2D eigenvalue weighted by Gasteiger charge is -2.36. The van der Waals surface area contributed by atoms with Gasteiger partial charge in [-0.1, -0.05) is 12.1 Å². The Bertz CT molecular complexity index is 675. The first-order chi connectivity index (χ1) is 11.2. The number of hydrogen-bond acceptors (Lipinski definition) is 4. The van der Waals surface area contributed by atoms with E-state index in [2.05, 4.69) is 16.0 Å². The first-order valence-corrected chi connectivity index (χ1v) is 7.93. The molecule has 122 valence electrons. The minimum atomic E-state index is 0.00310. The van der Waals surface area contributed by atoms with Gasteiger partial charge in [0.15, 0.2) is 0 Å². The second-order valence-electron chi connectivity index (χ2n) is 5.60. The van der Waals surface area contributed by atoms with Crippen molar-refractivity contribution >= 4 is 11.6 Å². The maximum Gasteiger partial charge on any atom is 0.274 e. The van der Waals surface area contributed by atoms with E-state index in [-0.39, 0.29) is 5.91 Å². The highest BCUT2D eigenvalue weighted by molar-refractivity contribution is 5.92. The predicted octanol–water partition coefficient (Wildman–Crippen LogP) is 1.78. The van der Waals surface area contributed by atoms with Crippen molar-refractivity contribution in [3.05, 3.63) is 42.5 Å². The van der Waals surface area contributed by atoms with Crippen molar-refractivity contribution in [1.29, 1.82) is 0 Å². The number of anilines is 1. The van der Waals surface area contributed by atoms with Crippen molar-refractivity contribution < 1.29 is 9.53 Å². The third-order valence-corrected chi connectivity index (χ3v) is 4.00. The highest BCUT2D eigenvalue weighted by Crippen LogP contribution is 2.28. The molecule has 0 saturated carbocycles. The number of ether oxygens (including phenoxy) is 1. The van der Waals surface area contributed by atoms with Crippen molar-refractivity contribution in [2.45, 2.75) is 6.92 Å². The molecule has 1 amide bonds. The third kappa shape index (κ3) is 3.31. The van der Waals surface area contributed by atoms with Crippen LogP contribution in [0.15, 0.2) is 36.8 Å². The van der Waals surface area contributed by atoms with Gasteiger partial charge in [-0.3, -0.25) is 4.79 Å². The van der Waals surface area contributed by atoms with Crippen LogP contribution in [-0.2, 0) is 7.05 Å². The Morgan fingerprint density at radius 2 is 1.96 bits per heavy atom. The van der Waals surface area contributed by atoms with Gasteiger partial charge in [0.25, 0.3) is 5.91 Å². The van der Waals surface area contributed by atoms with Crippen LogP contribution in [0.3, 0.4) is 0 Å². The molecule has 1 aromatic carbocycles. The predicted molar refractivity (Wildman–Crippen MR) is 88.9 cm³/mol. The third-order valence-electron chi connectivity index (χ3n) is 4.00. The summed E-state index contributed by atoms with van der Waals surface area (Å²) in [5.74, 6) is 0.905. The Labute approximate surface area is 136 Å². The smallest absolute Gasteiger partial charge is 0.274 e. The fourth-order valence-corrected chi connectivity index (χ4v) is 2.83. The van der Waals surface area contributed by atoms with Gasteiger partial charge in [-0.25, -0.2) is 4.98 Å². The molecule has 1 aromatic heterocycles. The summed E-state index contributed by atoms with van der Waals surface area (Å²) >= 11 is 0. The maximum absolute atomic E-state index is 12.4. The van der Waals surface area contributed by atoms with E-state index in [1.54, 1.807) is 17.1 Å². The SMILES string of the molecule is CCOc1ccccc1N1CCN(C(=O)c2cn(C)cn2)CC1. The van der Waals surface area contributed by atoms with Gasteiger partial charge in [0.1, 0.15) is 11.4 Å². The molecule has 0 atom stereocenters. The number of benzene rings is 1. The van der Waals surface area contributed by atoms with Crippen molar-refractivity contribution in [1.82, 2.24) is 14.5 Å². The fraction of sp³-hybridized carbons (Fsp3) is 0.412. The minimum absolute atomic E-state index is 0.00310. The molecule has 6 heteroatoms. The van der Waals surface area contributed by atoms with Gasteiger partial charge in [-0.15, -0.1) is 0 Å². The Balaban J connectivity index is 1.66. The second kappa shape index (κ2) is 6.73. The summed E-state index contributed by atoms with van der Waals surface area (Å²) in [6.07, 6.45) is 3.42. The van der Waals surface area contributed by atoms with Crippen molar-refractivity contribution in [2.24, 2.45) is 7.05 Å². The van der Waals surface area contributed by atoms with E-state index >= 15 is 0 Å². The van der Waals surface area contributed by atoms with Gasteiger partial charge in [-0.05, 0) is 19.1 Å². The number of para-hydroxylation sites is 2. The monoisotopic (exact) mass is 314 g/mol. The van der Waals surface area contributed by atoms with E-state index in [9.17, 15) is 4.79 Å². The van der Waals surface area contributed by atoms with Gasteiger partial charge in [0.2, 0.25) is 0 Å². The zero-order chi connectivity index (χ0) is 16.2. The summed E-state index contributed by atoms with van der Waals surface area (Å²) in [4.78, 5) is 20.7. The van der Waals surface area contributed by atoms with Gasteiger partial charge >= 0.3 is 0 Å². The molecule has 1 fully saturated rings. The molecule has 6 nitrogen and oxygen atoms in total. The Morgan fingerprint density at radius 3 is 2.61 bits per heavy atom. The van der Waals surface area contributed by atoms with Crippen LogP contribution < -0.4 is 9.64 Å². The number of imidazole rings is 1. The molecular weight excluding hydrogens is 292 g/mol. The zero-order valence-corrected chi connectivity index (χ0v) is 13.6. The molecule has 23 heavy (non-hydrogen) atoms. The summed E-state index contributed by atoms with van der Waals surface area (Å²) in [7, 11) is 1.87. The lowest BCUT2D eigenvalue weighted by molar-refractivity contribution is 0.0741. The molecule has 0 aliphatic carbocycles.